The Morgan fingerprint density at radius 3 is 3.00 bits per heavy atom. The molecule has 0 saturated carbocycles. The summed E-state index contributed by atoms with van der Waals surface area (Å²) in [6.45, 7) is 4.41. The molecular weight excluding hydrogens is 292 g/mol. The van der Waals surface area contributed by atoms with Crippen LogP contribution in [0.25, 0.3) is 0 Å². The average Bonchev–Trinajstić information content (AvgIpc) is 3.22. The molecule has 0 unspecified atom stereocenters. The number of amides is 1. The number of hydrogen-bond acceptors (Lipinski definition) is 4. The number of rotatable bonds is 6. The summed E-state index contributed by atoms with van der Waals surface area (Å²) in [5.74, 6) is 1.26. The molecule has 1 fully saturated rings. The fourth-order valence-corrected chi connectivity index (χ4v) is 3.26. The van der Waals surface area contributed by atoms with Gasteiger partial charge in [-0.3, -0.25) is 9.48 Å². The predicted octanol–water partition coefficient (Wildman–Crippen LogP) is 1.64. The van der Waals surface area contributed by atoms with Crippen LogP contribution in [0.1, 0.15) is 37.9 Å². The van der Waals surface area contributed by atoms with Gasteiger partial charge in [0.1, 0.15) is 18.5 Å². The Hall–Kier alpha value is -2.18. The third kappa shape index (κ3) is 3.97. The molecule has 23 heavy (non-hydrogen) atoms. The zero-order chi connectivity index (χ0) is 16.1. The Kier molecular flexibility index (Phi) is 5.05. The summed E-state index contributed by atoms with van der Waals surface area (Å²) in [4.78, 5) is 22.8. The number of nitrogens with zero attached hydrogens (tertiary/aromatic N) is 6. The highest BCUT2D eigenvalue weighted by Crippen LogP contribution is 2.21. The molecule has 1 atom stereocenters. The SMILES string of the molecule is Cc1nccn1CC[C@H]1CCCCN1C(=O)CCn1cncn1. The minimum Gasteiger partial charge on any atom is -0.340 e. The van der Waals surface area contributed by atoms with Crippen molar-refractivity contribution in [1.82, 2.24) is 29.2 Å². The quantitative estimate of drug-likeness (QED) is 0.812. The molecule has 0 N–H and O–H groups in total. The van der Waals surface area contributed by atoms with E-state index >= 15 is 0 Å². The van der Waals surface area contributed by atoms with Gasteiger partial charge in [-0.2, -0.15) is 5.10 Å². The second kappa shape index (κ2) is 7.39. The van der Waals surface area contributed by atoms with Crippen LogP contribution in [0.15, 0.2) is 25.0 Å². The van der Waals surface area contributed by atoms with Crippen LogP contribution < -0.4 is 0 Å². The van der Waals surface area contributed by atoms with E-state index in [0.29, 0.717) is 19.0 Å². The average molecular weight is 316 g/mol. The van der Waals surface area contributed by atoms with Crippen LogP contribution in [0.4, 0.5) is 0 Å². The molecule has 0 spiro atoms. The zero-order valence-electron chi connectivity index (χ0n) is 13.6. The maximum absolute atomic E-state index is 12.6. The summed E-state index contributed by atoms with van der Waals surface area (Å²) in [6, 6.07) is 0.341. The first-order valence-corrected chi connectivity index (χ1v) is 8.33. The van der Waals surface area contributed by atoms with E-state index in [2.05, 4.69) is 24.5 Å². The Morgan fingerprint density at radius 1 is 1.35 bits per heavy atom. The van der Waals surface area contributed by atoms with Gasteiger partial charge in [0.2, 0.25) is 5.91 Å². The van der Waals surface area contributed by atoms with E-state index in [1.807, 2.05) is 19.3 Å². The minimum absolute atomic E-state index is 0.229. The Balaban J connectivity index is 1.54. The number of imidazole rings is 1. The molecule has 1 saturated heterocycles. The molecule has 3 heterocycles. The van der Waals surface area contributed by atoms with Gasteiger partial charge in [-0.1, -0.05) is 0 Å². The van der Waals surface area contributed by atoms with Crippen LogP contribution in [0.2, 0.25) is 0 Å². The van der Waals surface area contributed by atoms with Gasteiger partial charge in [0.15, 0.2) is 0 Å². The number of likely N-dealkylation sites (tertiary alicyclic amines) is 1. The Morgan fingerprint density at radius 2 is 2.26 bits per heavy atom. The van der Waals surface area contributed by atoms with E-state index in [0.717, 1.165) is 38.2 Å². The van der Waals surface area contributed by atoms with Gasteiger partial charge in [-0.25, -0.2) is 9.97 Å². The molecular formula is C16H24N6O. The summed E-state index contributed by atoms with van der Waals surface area (Å²) in [5, 5.41) is 4.06. The van der Waals surface area contributed by atoms with E-state index in [1.54, 1.807) is 11.0 Å². The molecule has 0 aromatic carbocycles. The monoisotopic (exact) mass is 316 g/mol. The minimum atomic E-state index is 0.229. The van der Waals surface area contributed by atoms with Crippen molar-refractivity contribution in [3.8, 4) is 0 Å². The van der Waals surface area contributed by atoms with E-state index in [-0.39, 0.29) is 5.91 Å². The molecule has 0 aliphatic carbocycles. The number of aryl methyl sites for hydroxylation is 3. The lowest BCUT2D eigenvalue weighted by Crippen LogP contribution is -2.44. The number of piperidine rings is 1. The zero-order valence-corrected chi connectivity index (χ0v) is 13.6. The molecule has 7 heteroatoms. The van der Waals surface area contributed by atoms with Crippen molar-refractivity contribution in [3.63, 3.8) is 0 Å². The third-order valence-electron chi connectivity index (χ3n) is 4.60. The first-order chi connectivity index (χ1) is 11.2. The smallest absolute Gasteiger partial charge is 0.224 e. The van der Waals surface area contributed by atoms with Crippen LogP contribution >= 0.6 is 0 Å². The molecule has 1 aliphatic heterocycles. The summed E-state index contributed by atoms with van der Waals surface area (Å²) in [5.41, 5.74) is 0. The van der Waals surface area contributed by atoms with Crippen LogP contribution in [-0.4, -0.2) is 47.7 Å². The highest BCUT2D eigenvalue weighted by Gasteiger charge is 2.26. The number of carbonyl (C=O) groups is 1. The van der Waals surface area contributed by atoms with Crippen LogP contribution in [0, 0.1) is 6.92 Å². The van der Waals surface area contributed by atoms with Crippen molar-refractivity contribution < 1.29 is 4.79 Å². The van der Waals surface area contributed by atoms with Gasteiger partial charge in [0.05, 0.1) is 6.54 Å². The molecule has 1 amide bonds. The lowest BCUT2D eigenvalue weighted by Gasteiger charge is -2.36. The Bertz CT molecular complexity index is 620. The topological polar surface area (TPSA) is 68.8 Å². The van der Waals surface area contributed by atoms with Crippen molar-refractivity contribution in [1.29, 1.82) is 0 Å². The lowest BCUT2D eigenvalue weighted by atomic mass is 9.98. The van der Waals surface area contributed by atoms with Gasteiger partial charge in [-0.05, 0) is 32.6 Å². The highest BCUT2D eigenvalue weighted by molar-refractivity contribution is 5.76. The summed E-state index contributed by atoms with van der Waals surface area (Å²) in [7, 11) is 0. The Labute approximate surface area is 136 Å². The summed E-state index contributed by atoms with van der Waals surface area (Å²) in [6.07, 6.45) is 11.9. The molecule has 124 valence electrons. The van der Waals surface area contributed by atoms with Gasteiger partial charge in [-0.15, -0.1) is 0 Å². The van der Waals surface area contributed by atoms with Crippen molar-refractivity contribution in [2.75, 3.05) is 6.54 Å². The molecule has 2 aromatic rings. The standard InChI is InChI=1S/C16H24N6O/c1-14-18-7-11-20(14)9-5-15-4-2-3-8-22(15)16(23)6-10-21-13-17-12-19-21/h7,11-13,15H,2-6,8-10H2,1H3/t15-/m1/s1. The number of hydrogen-bond donors (Lipinski definition) is 0. The van der Waals surface area contributed by atoms with Gasteiger partial charge in [0, 0.05) is 37.9 Å². The van der Waals surface area contributed by atoms with E-state index in [1.165, 1.54) is 12.7 Å². The van der Waals surface area contributed by atoms with Crippen molar-refractivity contribution >= 4 is 5.91 Å². The second-order valence-electron chi connectivity index (χ2n) is 6.10. The summed E-state index contributed by atoms with van der Waals surface area (Å²) < 4.78 is 3.87. The van der Waals surface area contributed by atoms with Gasteiger partial charge < -0.3 is 9.47 Å². The molecule has 0 bridgehead atoms. The van der Waals surface area contributed by atoms with Gasteiger partial charge in [0.25, 0.3) is 0 Å². The van der Waals surface area contributed by atoms with Gasteiger partial charge >= 0.3 is 0 Å². The predicted molar refractivity (Wildman–Crippen MR) is 85.6 cm³/mol. The van der Waals surface area contributed by atoms with Crippen LogP contribution in [-0.2, 0) is 17.9 Å². The molecule has 1 aliphatic rings. The lowest BCUT2D eigenvalue weighted by molar-refractivity contribution is -0.135. The normalized spacial score (nSPS) is 18.3. The first kappa shape index (κ1) is 15.7. The largest absolute Gasteiger partial charge is 0.340 e. The molecule has 7 nitrogen and oxygen atoms in total. The molecule has 0 radical (unpaired) electrons. The summed E-state index contributed by atoms with van der Waals surface area (Å²) >= 11 is 0. The van der Waals surface area contributed by atoms with E-state index < -0.39 is 0 Å². The number of aromatic nitrogens is 5. The van der Waals surface area contributed by atoms with Crippen LogP contribution in [0.3, 0.4) is 0 Å². The maximum atomic E-state index is 12.6. The first-order valence-electron chi connectivity index (χ1n) is 8.33. The number of carbonyl (C=O) groups excluding carboxylic acids is 1. The van der Waals surface area contributed by atoms with Crippen LogP contribution in [0.5, 0.6) is 0 Å². The van der Waals surface area contributed by atoms with Crippen molar-refractivity contribution in [2.24, 2.45) is 0 Å². The van der Waals surface area contributed by atoms with Crippen molar-refractivity contribution in [3.05, 3.63) is 30.9 Å². The third-order valence-corrected chi connectivity index (χ3v) is 4.60. The molecule has 3 rings (SSSR count). The maximum Gasteiger partial charge on any atom is 0.224 e. The van der Waals surface area contributed by atoms with E-state index in [9.17, 15) is 4.79 Å². The van der Waals surface area contributed by atoms with Crippen molar-refractivity contribution in [2.45, 2.75) is 58.2 Å². The fourth-order valence-electron chi connectivity index (χ4n) is 3.26. The second-order valence-corrected chi connectivity index (χ2v) is 6.10. The fraction of sp³-hybridized carbons (Fsp3) is 0.625. The highest BCUT2D eigenvalue weighted by atomic mass is 16.2. The molecule has 2 aromatic heterocycles. The van der Waals surface area contributed by atoms with E-state index in [4.69, 9.17) is 0 Å².